The smallest absolute Gasteiger partial charge is 0.228 e. The minimum absolute atomic E-state index is 0. The number of carbonyl (C=O) groups excluding carboxylic acids is 1. The standard InChI is InChI=1S/C22H26ClN3O3S3.ClH/c1-25(2)12-13-26(21(27)5-4-14-30-17-8-6-16(23)7-9-17)22-24-19-11-10-18(32(3,28)29)15-20(19)31-22;/h6-11,15H,4-5,12-14H2,1-3H3;1H. The van der Waals surface area contributed by atoms with Crippen LogP contribution in [0.3, 0.4) is 0 Å². The van der Waals surface area contributed by atoms with E-state index in [0.717, 1.165) is 21.8 Å². The zero-order valence-corrected chi connectivity index (χ0v) is 22.7. The highest BCUT2D eigenvalue weighted by Gasteiger charge is 2.20. The summed E-state index contributed by atoms with van der Waals surface area (Å²) in [6, 6.07) is 12.6. The molecule has 3 rings (SSSR count). The molecule has 0 unspecified atom stereocenters. The van der Waals surface area contributed by atoms with Crippen LogP contribution in [0.1, 0.15) is 12.8 Å². The molecular formula is C22H27Cl2N3O3S3. The van der Waals surface area contributed by atoms with Gasteiger partial charge in [-0.05, 0) is 68.7 Å². The van der Waals surface area contributed by atoms with Crippen LogP contribution in [-0.4, -0.2) is 63.4 Å². The number of hydrogen-bond acceptors (Lipinski definition) is 7. The minimum atomic E-state index is -3.30. The lowest BCUT2D eigenvalue weighted by atomic mass is 10.3. The summed E-state index contributed by atoms with van der Waals surface area (Å²) < 4.78 is 24.5. The topological polar surface area (TPSA) is 70.6 Å². The summed E-state index contributed by atoms with van der Waals surface area (Å²) in [4.78, 5) is 22.8. The number of carbonyl (C=O) groups is 1. The molecular weight excluding hydrogens is 521 g/mol. The maximum atomic E-state index is 13.1. The lowest BCUT2D eigenvalue weighted by molar-refractivity contribution is -0.118. The molecule has 0 aliphatic heterocycles. The van der Waals surface area contributed by atoms with Crippen LogP contribution in [0, 0.1) is 0 Å². The second-order valence-electron chi connectivity index (χ2n) is 7.65. The van der Waals surface area contributed by atoms with Crippen LogP contribution in [0.15, 0.2) is 52.3 Å². The van der Waals surface area contributed by atoms with E-state index in [9.17, 15) is 13.2 Å². The minimum Gasteiger partial charge on any atom is -0.308 e. The predicted molar refractivity (Wildman–Crippen MR) is 142 cm³/mol. The van der Waals surface area contributed by atoms with E-state index < -0.39 is 9.84 Å². The molecule has 0 spiro atoms. The first kappa shape index (κ1) is 27.9. The molecule has 0 fully saturated rings. The van der Waals surface area contributed by atoms with E-state index in [1.807, 2.05) is 43.3 Å². The molecule has 0 aliphatic rings. The van der Waals surface area contributed by atoms with Gasteiger partial charge in [0.1, 0.15) is 0 Å². The van der Waals surface area contributed by atoms with Crippen molar-refractivity contribution in [2.24, 2.45) is 0 Å². The second kappa shape index (κ2) is 12.4. The fourth-order valence-corrected chi connectivity index (χ4v) is 5.69. The zero-order chi connectivity index (χ0) is 23.3. The van der Waals surface area contributed by atoms with Gasteiger partial charge < -0.3 is 4.90 Å². The average molecular weight is 549 g/mol. The molecule has 0 radical (unpaired) electrons. The van der Waals surface area contributed by atoms with Gasteiger partial charge in [-0.25, -0.2) is 13.4 Å². The summed E-state index contributed by atoms with van der Waals surface area (Å²) in [6.45, 7) is 1.23. The lowest BCUT2D eigenvalue weighted by Crippen LogP contribution is -2.36. The first-order chi connectivity index (χ1) is 15.1. The van der Waals surface area contributed by atoms with Crippen LogP contribution in [0.2, 0.25) is 5.02 Å². The third kappa shape index (κ3) is 8.12. The number of fused-ring (bicyclic) bond motifs is 1. The van der Waals surface area contributed by atoms with Gasteiger partial charge in [0.25, 0.3) is 0 Å². The number of thiazole rings is 1. The largest absolute Gasteiger partial charge is 0.308 e. The van der Waals surface area contributed by atoms with Crippen LogP contribution in [0.5, 0.6) is 0 Å². The predicted octanol–water partition coefficient (Wildman–Crippen LogP) is 5.24. The van der Waals surface area contributed by atoms with Gasteiger partial charge in [0.2, 0.25) is 5.91 Å². The van der Waals surface area contributed by atoms with Gasteiger partial charge in [0.15, 0.2) is 15.0 Å². The first-order valence-corrected chi connectivity index (χ1v) is 14.1. The molecule has 11 heteroatoms. The molecule has 2 aromatic carbocycles. The van der Waals surface area contributed by atoms with Gasteiger partial charge >= 0.3 is 0 Å². The summed E-state index contributed by atoms with van der Waals surface area (Å²) in [5.41, 5.74) is 0.693. The Morgan fingerprint density at radius 1 is 1.12 bits per heavy atom. The molecule has 33 heavy (non-hydrogen) atoms. The molecule has 1 aromatic heterocycles. The van der Waals surface area contributed by atoms with Crippen molar-refractivity contribution in [2.75, 3.05) is 44.1 Å². The average Bonchev–Trinajstić information content (AvgIpc) is 3.14. The van der Waals surface area contributed by atoms with Crippen molar-refractivity contribution in [3.63, 3.8) is 0 Å². The lowest BCUT2D eigenvalue weighted by Gasteiger charge is -2.22. The molecule has 0 bridgehead atoms. The first-order valence-electron chi connectivity index (χ1n) is 10.1. The molecule has 0 aliphatic carbocycles. The van der Waals surface area contributed by atoms with E-state index in [0.29, 0.717) is 35.2 Å². The number of hydrogen-bond donors (Lipinski definition) is 0. The third-order valence-corrected chi connectivity index (χ3v) is 8.20. The van der Waals surface area contributed by atoms with Gasteiger partial charge in [-0.1, -0.05) is 22.9 Å². The highest BCUT2D eigenvalue weighted by atomic mass is 35.5. The van der Waals surface area contributed by atoms with Crippen molar-refractivity contribution in [2.45, 2.75) is 22.6 Å². The van der Waals surface area contributed by atoms with Crippen LogP contribution in [0.25, 0.3) is 10.2 Å². The van der Waals surface area contributed by atoms with Gasteiger partial charge in [-0.2, -0.15) is 0 Å². The molecule has 3 aromatic rings. The van der Waals surface area contributed by atoms with Gasteiger partial charge in [-0.3, -0.25) is 9.69 Å². The van der Waals surface area contributed by atoms with E-state index >= 15 is 0 Å². The highest BCUT2D eigenvalue weighted by Crippen LogP contribution is 2.31. The van der Waals surface area contributed by atoms with E-state index in [-0.39, 0.29) is 23.2 Å². The number of anilines is 1. The van der Waals surface area contributed by atoms with Crippen molar-refractivity contribution >= 4 is 78.2 Å². The van der Waals surface area contributed by atoms with Crippen molar-refractivity contribution < 1.29 is 13.2 Å². The number of aromatic nitrogens is 1. The van der Waals surface area contributed by atoms with Crippen molar-refractivity contribution in [3.05, 3.63) is 47.5 Å². The highest BCUT2D eigenvalue weighted by molar-refractivity contribution is 7.99. The van der Waals surface area contributed by atoms with E-state index in [1.165, 1.54) is 17.6 Å². The maximum Gasteiger partial charge on any atom is 0.228 e. The fraction of sp³-hybridized carbons (Fsp3) is 0.364. The normalized spacial score (nSPS) is 11.5. The molecule has 0 saturated heterocycles. The summed E-state index contributed by atoms with van der Waals surface area (Å²) >= 11 is 8.97. The second-order valence-corrected chi connectivity index (χ2v) is 12.3. The summed E-state index contributed by atoms with van der Waals surface area (Å²) in [7, 11) is 0.620. The van der Waals surface area contributed by atoms with Gasteiger partial charge in [0.05, 0.1) is 15.1 Å². The van der Waals surface area contributed by atoms with E-state index in [1.54, 1.807) is 34.9 Å². The Morgan fingerprint density at radius 3 is 2.45 bits per heavy atom. The Balaban J connectivity index is 0.00000385. The summed E-state index contributed by atoms with van der Waals surface area (Å²) in [5, 5.41) is 1.31. The number of sulfone groups is 1. The Bertz CT molecular complexity index is 1180. The molecule has 1 amide bonds. The number of likely N-dealkylation sites (N-methyl/N-ethyl adjacent to an activating group) is 1. The number of rotatable bonds is 10. The monoisotopic (exact) mass is 547 g/mol. The number of halogens is 2. The van der Waals surface area contributed by atoms with Gasteiger partial charge in [-0.15, -0.1) is 24.2 Å². The van der Waals surface area contributed by atoms with Crippen molar-refractivity contribution in [1.82, 2.24) is 9.88 Å². The molecule has 6 nitrogen and oxygen atoms in total. The Hall–Kier alpha value is -1.36. The zero-order valence-electron chi connectivity index (χ0n) is 18.7. The van der Waals surface area contributed by atoms with Crippen molar-refractivity contribution in [3.8, 4) is 0 Å². The number of thioether (sulfide) groups is 1. The van der Waals surface area contributed by atoms with E-state index in [4.69, 9.17) is 11.6 Å². The fourth-order valence-electron chi connectivity index (χ4n) is 2.95. The summed E-state index contributed by atoms with van der Waals surface area (Å²) in [5.74, 6) is 0.845. The molecule has 0 N–H and O–H groups in total. The van der Waals surface area contributed by atoms with Crippen LogP contribution in [-0.2, 0) is 14.6 Å². The third-order valence-electron chi connectivity index (χ3n) is 4.70. The van der Waals surface area contributed by atoms with Crippen LogP contribution in [0.4, 0.5) is 5.13 Å². The Labute approximate surface area is 214 Å². The molecule has 1 heterocycles. The molecule has 0 saturated carbocycles. The van der Waals surface area contributed by atoms with Crippen LogP contribution < -0.4 is 4.90 Å². The number of nitrogens with zero attached hydrogens (tertiary/aromatic N) is 3. The van der Waals surface area contributed by atoms with Crippen LogP contribution >= 0.6 is 47.1 Å². The van der Waals surface area contributed by atoms with E-state index in [2.05, 4.69) is 4.98 Å². The quantitative estimate of drug-likeness (QED) is 0.255. The summed E-state index contributed by atoms with van der Waals surface area (Å²) in [6.07, 6.45) is 2.34. The Kier molecular flexibility index (Phi) is 10.5. The number of benzene rings is 2. The van der Waals surface area contributed by atoms with Gasteiger partial charge in [0, 0.05) is 35.7 Å². The SMILES string of the molecule is CN(C)CCN(C(=O)CCCSc1ccc(Cl)cc1)c1nc2ccc(S(C)(=O)=O)cc2s1.Cl. The van der Waals surface area contributed by atoms with Crippen molar-refractivity contribution in [1.29, 1.82) is 0 Å². The molecule has 180 valence electrons. The maximum absolute atomic E-state index is 13.1. The Morgan fingerprint density at radius 2 is 1.82 bits per heavy atom. The number of amides is 1. The molecule has 0 atom stereocenters.